The Balaban J connectivity index is 4.88. The molecule has 7 N–H and O–H groups in total. The van der Waals surface area contributed by atoms with E-state index >= 15 is 0 Å². The lowest BCUT2D eigenvalue weighted by molar-refractivity contribution is -0.125. The molecule has 0 aliphatic rings. The Labute approximate surface area is 297 Å². The predicted octanol–water partition coefficient (Wildman–Crippen LogP) is -2.71. The van der Waals surface area contributed by atoms with Crippen LogP contribution in [0.1, 0.15) is 26.2 Å². The Kier molecular flexibility index (Phi) is 36.5. The van der Waals surface area contributed by atoms with Crippen LogP contribution in [0.25, 0.3) is 0 Å². The van der Waals surface area contributed by atoms with Gasteiger partial charge in [0.05, 0.1) is 79.5 Å². The standard InChI is InChI=1S/C30H65N9O11/c1-5-48-35-11-15-49-36-10-14-44-19-28(20-45-16-17-50-37-18-30(42)31-2)6-7-29(8-12-39(27-41)25-38(3)26-40)34-9-13-46-22-33-24-47-23-32-21-43-4/h26-29,32-37H,5-25H2,1-4H3,(H,31,42). The number of methoxy groups -OCH3 is 1. The molecule has 20 heteroatoms. The summed E-state index contributed by atoms with van der Waals surface area (Å²) in [7, 11) is 4.78. The Morgan fingerprint density at radius 3 is 2.14 bits per heavy atom. The zero-order valence-corrected chi connectivity index (χ0v) is 30.5. The van der Waals surface area contributed by atoms with Crippen molar-refractivity contribution in [2.45, 2.75) is 32.2 Å². The van der Waals surface area contributed by atoms with Gasteiger partial charge in [0, 0.05) is 59.3 Å². The van der Waals surface area contributed by atoms with Gasteiger partial charge in [0.15, 0.2) is 0 Å². The monoisotopic (exact) mass is 727 g/mol. The highest BCUT2D eigenvalue weighted by Gasteiger charge is 2.16. The van der Waals surface area contributed by atoms with Crippen LogP contribution in [0.4, 0.5) is 0 Å². The number of carbonyl (C=O) groups is 3. The minimum absolute atomic E-state index is 0.0537. The zero-order valence-electron chi connectivity index (χ0n) is 30.5. The van der Waals surface area contributed by atoms with Crippen molar-refractivity contribution in [2.24, 2.45) is 5.92 Å². The van der Waals surface area contributed by atoms with Gasteiger partial charge >= 0.3 is 0 Å². The molecule has 0 heterocycles. The van der Waals surface area contributed by atoms with E-state index in [1.54, 1.807) is 26.1 Å². The van der Waals surface area contributed by atoms with Crippen molar-refractivity contribution >= 4 is 18.7 Å². The number of hydroxylamine groups is 3. The number of likely N-dealkylation sites (N-methyl/N-ethyl adjacent to an activating group) is 1. The minimum Gasteiger partial charge on any atom is -0.380 e. The fourth-order valence-electron chi connectivity index (χ4n) is 4.06. The number of ether oxygens (including phenoxy) is 5. The maximum Gasteiger partial charge on any atom is 0.236 e. The lowest BCUT2D eigenvalue weighted by Crippen LogP contribution is -2.39. The average Bonchev–Trinajstić information content (AvgIpc) is 3.13. The molecule has 20 nitrogen and oxygen atoms in total. The summed E-state index contributed by atoms with van der Waals surface area (Å²) in [6.45, 7) is 9.23. The molecule has 0 bridgehead atoms. The molecule has 0 fully saturated rings. The lowest BCUT2D eigenvalue weighted by atomic mass is 9.99. The third kappa shape index (κ3) is 33.0. The highest BCUT2D eigenvalue weighted by atomic mass is 16.7. The number of hydrogen-bond acceptors (Lipinski definition) is 17. The molecule has 0 aliphatic heterocycles. The highest BCUT2D eigenvalue weighted by molar-refractivity contribution is 5.77. The third-order valence-corrected chi connectivity index (χ3v) is 6.61. The van der Waals surface area contributed by atoms with Gasteiger partial charge in [0.1, 0.15) is 13.5 Å². The molecule has 296 valence electrons. The van der Waals surface area contributed by atoms with Gasteiger partial charge in [0.2, 0.25) is 18.7 Å². The molecule has 0 aromatic carbocycles. The third-order valence-electron chi connectivity index (χ3n) is 6.61. The number of nitrogens with one attached hydrogen (secondary N) is 7. The van der Waals surface area contributed by atoms with Gasteiger partial charge in [-0.05, 0) is 26.2 Å². The Hall–Kier alpha value is -2.15. The van der Waals surface area contributed by atoms with E-state index in [-0.39, 0.29) is 37.7 Å². The van der Waals surface area contributed by atoms with Crippen LogP contribution in [0.3, 0.4) is 0 Å². The lowest BCUT2D eigenvalue weighted by Gasteiger charge is -2.26. The first kappa shape index (κ1) is 47.8. The summed E-state index contributed by atoms with van der Waals surface area (Å²) in [5.74, 6) is -0.1000. The molecule has 0 saturated carbocycles. The molecular weight excluding hydrogens is 662 g/mol. The summed E-state index contributed by atoms with van der Waals surface area (Å²) in [4.78, 5) is 52.7. The molecule has 0 rings (SSSR count). The molecule has 0 radical (unpaired) electrons. The van der Waals surface area contributed by atoms with Gasteiger partial charge in [-0.2, -0.15) is 5.48 Å². The van der Waals surface area contributed by atoms with Crippen molar-refractivity contribution in [3.05, 3.63) is 0 Å². The van der Waals surface area contributed by atoms with E-state index in [9.17, 15) is 14.4 Å². The quantitative estimate of drug-likeness (QED) is 0.0148. The molecule has 0 spiro atoms. The van der Waals surface area contributed by atoms with E-state index < -0.39 is 0 Å². The van der Waals surface area contributed by atoms with Crippen LogP contribution in [-0.4, -0.2) is 175 Å². The SMILES string of the molecule is CCONCCONCCOCC(CCC(CCN(C=O)CN(C)C=O)NCCOCNCOCNCOC)COCCONCC(=O)NC. The molecule has 3 amide bonds. The number of amides is 3. The molecule has 2 unspecified atom stereocenters. The number of carbonyl (C=O) groups excluding carboxylic acids is 3. The molecular formula is C30H65N9O11. The van der Waals surface area contributed by atoms with E-state index in [1.807, 2.05) is 6.92 Å². The van der Waals surface area contributed by atoms with E-state index in [2.05, 4.69) is 37.7 Å². The zero-order chi connectivity index (χ0) is 36.8. The average molecular weight is 728 g/mol. The van der Waals surface area contributed by atoms with Crippen molar-refractivity contribution in [1.82, 2.24) is 47.5 Å². The van der Waals surface area contributed by atoms with Crippen molar-refractivity contribution in [2.75, 3.05) is 140 Å². The Bertz CT molecular complexity index is 769. The van der Waals surface area contributed by atoms with Crippen LogP contribution in [-0.2, 0) is 52.6 Å². The fourth-order valence-corrected chi connectivity index (χ4v) is 4.06. The molecule has 50 heavy (non-hydrogen) atoms. The summed E-state index contributed by atoms with van der Waals surface area (Å²) >= 11 is 0. The summed E-state index contributed by atoms with van der Waals surface area (Å²) in [6.07, 6.45) is 3.68. The van der Waals surface area contributed by atoms with Crippen LogP contribution in [0.5, 0.6) is 0 Å². The van der Waals surface area contributed by atoms with Gasteiger partial charge in [-0.15, -0.1) is 0 Å². The molecule has 0 aromatic heterocycles. The van der Waals surface area contributed by atoms with Crippen molar-refractivity contribution in [3.8, 4) is 0 Å². The van der Waals surface area contributed by atoms with Crippen LogP contribution in [0.2, 0.25) is 0 Å². The molecule has 0 aliphatic carbocycles. The van der Waals surface area contributed by atoms with Gasteiger partial charge in [0.25, 0.3) is 0 Å². The van der Waals surface area contributed by atoms with E-state index in [4.69, 9.17) is 38.2 Å². The first-order valence-electron chi connectivity index (χ1n) is 17.0. The summed E-state index contributed by atoms with van der Waals surface area (Å²) in [5.41, 5.74) is 8.25. The van der Waals surface area contributed by atoms with Gasteiger partial charge in [-0.3, -0.25) is 29.9 Å². The minimum atomic E-state index is -0.180. The van der Waals surface area contributed by atoms with Gasteiger partial charge in [-0.1, -0.05) is 0 Å². The largest absolute Gasteiger partial charge is 0.380 e. The molecule has 0 aromatic rings. The van der Waals surface area contributed by atoms with Gasteiger partial charge < -0.3 is 53.8 Å². The highest BCUT2D eigenvalue weighted by Crippen LogP contribution is 2.13. The van der Waals surface area contributed by atoms with Crippen molar-refractivity contribution in [1.29, 1.82) is 0 Å². The molecule has 2 atom stereocenters. The number of nitrogens with zero attached hydrogens (tertiary/aromatic N) is 2. The normalized spacial score (nSPS) is 12.5. The topological polar surface area (TPSA) is 216 Å². The van der Waals surface area contributed by atoms with Crippen LogP contribution in [0.15, 0.2) is 0 Å². The van der Waals surface area contributed by atoms with Crippen molar-refractivity contribution < 1.29 is 52.6 Å². The molecule has 0 saturated heterocycles. The number of rotatable bonds is 41. The second-order valence-electron chi connectivity index (χ2n) is 10.8. The van der Waals surface area contributed by atoms with Crippen LogP contribution < -0.4 is 37.7 Å². The van der Waals surface area contributed by atoms with E-state index in [0.29, 0.717) is 112 Å². The second kappa shape index (κ2) is 38.1. The smallest absolute Gasteiger partial charge is 0.236 e. The van der Waals surface area contributed by atoms with Crippen LogP contribution in [0, 0.1) is 5.92 Å². The first-order chi connectivity index (χ1) is 24.5. The van der Waals surface area contributed by atoms with Crippen molar-refractivity contribution in [3.63, 3.8) is 0 Å². The maximum atomic E-state index is 11.7. The summed E-state index contributed by atoms with van der Waals surface area (Å²) < 4.78 is 27.7. The Morgan fingerprint density at radius 2 is 1.42 bits per heavy atom. The summed E-state index contributed by atoms with van der Waals surface area (Å²) in [6, 6.07) is 0.0610. The second-order valence-corrected chi connectivity index (χ2v) is 10.8. The summed E-state index contributed by atoms with van der Waals surface area (Å²) in [5, 5.41) is 12.0. The fraction of sp³-hybridized carbons (Fsp3) is 0.900. The predicted molar refractivity (Wildman–Crippen MR) is 184 cm³/mol. The van der Waals surface area contributed by atoms with E-state index in [1.165, 1.54) is 4.90 Å². The maximum absolute atomic E-state index is 11.7. The van der Waals surface area contributed by atoms with Gasteiger partial charge in [-0.25, -0.2) is 11.0 Å². The Morgan fingerprint density at radius 1 is 0.740 bits per heavy atom. The first-order valence-corrected chi connectivity index (χ1v) is 17.0. The van der Waals surface area contributed by atoms with E-state index in [0.717, 1.165) is 19.3 Å². The van der Waals surface area contributed by atoms with Crippen LogP contribution >= 0.6 is 0 Å². The number of hydrogen-bond donors (Lipinski definition) is 7.